The van der Waals surface area contributed by atoms with Crippen LogP contribution in [0.5, 0.6) is 11.5 Å². The van der Waals surface area contributed by atoms with E-state index in [0.717, 1.165) is 0 Å². The summed E-state index contributed by atoms with van der Waals surface area (Å²) in [6.07, 6.45) is 3.13. The van der Waals surface area contributed by atoms with Gasteiger partial charge in [0.1, 0.15) is 11.5 Å². The Kier molecular flexibility index (Phi) is 5.45. The van der Waals surface area contributed by atoms with E-state index in [1.165, 1.54) is 18.2 Å². The molecule has 0 aliphatic rings. The Labute approximate surface area is 160 Å². The molecule has 3 aromatic carbocycles. The van der Waals surface area contributed by atoms with Crippen molar-refractivity contribution in [2.45, 2.75) is 0 Å². The summed E-state index contributed by atoms with van der Waals surface area (Å²) in [6, 6.07) is 18.8. The van der Waals surface area contributed by atoms with Crippen LogP contribution in [0.2, 0.25) is 0 Å². The predicted octanol–water partition coefficient (Wildman–Crippen LogP) is 3.87. The highest BCUT2D eigenvalue weighted by Crippen LogP contribution is 2.19. The van der Waals surface area contributed by atoms with Crippen molar-refractivity contribution in [1.82, 2.24) is 0 Å². The van der Waals surface area contributed by atoms with Gasteiger partial charge in [-0.1, -0.05) is 36.4 Å². The second kappa shape index (κ2) is 8.31. The first kappa shape index (κ1) is 18.4. The van der Waals surface area contributed by atoms with Crippen LogP contribution in [0.15, 0.2) is 72.8 Å². The van der Waals surface area contributed by atoms with Gasteiger partial charge in [-0.05, 0) is 36.4 Å². The van der Waals surface area contributed by atoms with Gasteiger partial charge in [0.05, 0.1) is 0 Å². The summed E-state index contributed by atoms with van der Waals surface area (Å²) in [6.45, 7) is 0. The minimum atomic E-state index is -0.250. The normalized spacial score (nSPS) is 9.64. The number of carbonyl (C=O) groups is 2. The van der Waals surface area contributed by atoms with Gasteiger partial charge in [-0.15, -0.1) is 10.5 Å². The molecule has 0 unspecified atom stereocenters. The number of nitriles is 2. The van der Waals surface area contributed by atoms with Crippen molar-refractivity contribution in [2.75, 3.05) is 0 Å². The molecule has 0 radical (unpaired) electrons. The van der Waals surface area contributed by atoms with Crippen molar-refractivity contribution in [3.05, 3.63) is 95.1 Å². The maximum Gasteiger partial charge on any atom is 0.292 e. The maximum atomic E-state index is 12.6. The molecule has 0 N–H and O–H groups in total. The highest BCUT2D eigenvalue weighted by molar-refractivity contribution is 6.11. The summed E-state index contributed by atoms with van der Waals surface area (Å²) in [5, 5.41) is 17.1. The van der Waals surface area contributed by atoms with Gasteiger partial charge in [-0.25, -0.2) is 0 Å². The maximum absolute atomic E-state index is 12.6. The van der Waals surface area contributed by atoms with Crippen molar-refractivity contribution < 1.29 is 19.1 Å². The number of nitrogens with zero attached hydrogens (tertiary/aromatic N) is 2. The lowest BCUT2D eigenvalue weighted by molar-refractivity contribution is 0.102. The third kappa shape index (κ3) is 4.04. The molecule has 0 heterocycles. The first-order chi connectivity index (χ1) is 13.6. The monoisotopic (exact) mass is 368 g/mol. The lowest BCUT2D eigenvalue weighted by Gasteiger charge is -2.05. The summed E-state index contributed by atoms with van der Waals surface area (Å²) in [4.78, 5) is 25.1. The smallest absolute Gasteiger partial charge is 0.292 e. The van der Waals surface area contributed by atoms with Gasteiger partial charge in [0.15, 0.2) is 11.6 Å². The van der Waals surface area contributed by atoms with Gasteiger partial charge in [-0.2, -0.15) is 0 Å². The first-order valence-electron chi connectivity index (χ1n) is 8.14. The summed E-state index contributed by atoms with van der Waals surface area (Å²) in [5.41, 5.74) is 1.64. The molecule has 0 saturated carbocycles. The first-order valence-corrected chi connectivity index (χ1v) is 8.14. The van der Waals surface area contributed by atoms with Crippen LogP contribution in [0.1, 0.15) is 31.8 Å². The van der Waals surface area contributed by atoms with Crippen molar-refractivity contribution in [2.24, 2.45) is 0 Å². The zero-order valence-electron chi connectivity index (χ0n) is 14.5. The summed E-state index contributed by atoms with van der Waals surface area (Å²) in [5.74, 6) is 0.166. The average Bonchev–Trinajstić information content (AvgIpc) is 2.74. The average molecular weight is 368 g/mol. The van der Waals surface area contributed by atoms with E-state index in [9.17, 15) is 9.59 Å². The molecule has 0 aliphatic heterocycles. The molecule has 0 aromatic heterocycles. The Hall–Kier alpha value is -4.42. The highest BCUT2D eigenvalue weighted by Gasteiger charge is 2.13. The van der Waals surface area contributed by atoms with Gasteiger partial charge < -0.3 is 9.47 Å². The Balaban J connectivity index is 1.78. The van der Waals surface area contributed by atoms with Gasteiger partial charge in [0.25, 0.3) is 12.5 Å². The highest BCUT2D eigenvalue weighted by atomic mass is 16.5. The number of benzene rings is 3. The van der Waals surface area contributed by atoms with Gasteiger partial charge in [0.2, 0.25) is 0 Å². The van der Waals surface area contributed by atoms with Crippen LogP contribution in [0.4, 0.5) is 0 Å². The van der Waals surface area contributed by atoms with E-state index in [1.807, 2.05) is 0 Å². The van der Waals surface area contributed by atoms with Gasteiger partial charge in [0, 0.05) is 22.3 Å². The molecule has 0 saturated heterocycles. The van der Waals surface area contributed by atoms with E-state index in [0.29, 0.717) is 28.0 Å². The number of hydrogen-bond acceptors (Lipinski definition) is 6. The lowest BCUT2D eigenvalue weighted by Crippen LogP contribution is -2.04. The summed E-state index contributed by atoms with van der Waals surface area (Å²) in [7, 11) is 0. The summed E-state index contributed by atoms with van der Waals surface area (Å²) >= 11 is 0. The fraction of sp³-hybridized carbons (Fsp3) is 0. The largest absolute Gasteiger partial charge is 0.388 e. The predicted molar refractivity (Wildman–Crippen MR) is 98.7 cm³/mol. The minimum absolute atomic E-state index is 0.216. The topological polar surface area (TPSA) is 100 Å². The van der Waals surface area contributed by atoms with E-state index in [-0.39, 0.29) is 17.3 Å². The minimum Gasteiger partial charge on any atom is -0.388 e. The molecule has 6 nitrogen and oxygen atoms in total. The third-order valence-corrected chi connectivity index (χ3v) is 3.95. The molecule has 0 bridgehead atoms. The molecular weight excluding hydrogens is 356 g/mol. The second-order valence-corrected chi connectivity index (χ2v) is 5.67. The number of carbonyl (C=O) groups excluding carboxylic acids is 2. The molecule has 0 fully saturated rings. The number of rotatable bonds is 6. The zero-order valence-corrected chi connectivity index (χ0v) is 14.5. The number of ketones is 2. The molecule has 3 aromatic rings. The Morgan fingerprint density at radius 2 is 1.07 bits per heavy atom. The Bertz CT molecular complexity index is 1110. The molecule has 0 atom stereocenters. The molecule has 0 amide bonds. The second-order valence-electron chi connectivity index (χ2n) is 5.67. The van der Waals surface area contributed by atoms with E-state index in [4.69, 9.17) is 15.3 Å². The molecule has 134 valence electrons. The quantitative estimate of drug-likeness (QED) is 0.484. The van der Waals surface area contributed by atoms with Crippen LogP contribution >= 0.6 is 0 Å². The van der Waals surface area contributed by atoms with Crippen LogP contribution in [0.3, 0.4) is 0 Å². The third-order valence-electron chi connectivity index (χ3n) is 3.95. The van der Waals surface area contributed by atoms with Crippen molar-refractivity contribution in [3.63, 3.8) is 0 Å². The summed E-state index contributed by atoms with van der Waals surface area (Å²) < 4.78 is 9.42. The molecule has 0 spiro atoms. The van der Waals surface area contributed by atoms with E-state index < -0.39 is 0 Å². The fourth-order valence-corrected chi connectivity index (χ4v) is 2.59. The molecule has 6 heteroatoms. The van der Waals surface area contributed by atoms with Gasteiger partial charge in [-0.3, -0.25) is 9.59 Å². The van der Waals surface area contributed by atoms with Crippen LogP contribution in [0, 0.1) is 23.0 Å². The number of hydrogen-bond donors (Lipinski definition) is 0. The molecular formula is C22H12N2O4. The Morgan fingerprint density at radius 1 is 0.607 bits per heavy atom. The fourth-order valence-electron chi connectivity index (χ4n) is 2.59. The van der Waals surface area contributed by atoms with Gasteiger partial charge >= 0.3 is 0 Å². The van der Waals surface area contributed by atoms with Crippen LogP contribution < -0.4 is 9.47 Å². The molecule has 0 aliphatic carbocycles. The SMILES string of the molecule is N#COc1ccc(C(=O)c2ccc(C(=O)c3cccc(OC#N)c3)cc2)cc1. The molecule has 3 rings (SSSR count). The van der Waals surface area contributed by atoms with Crippen LogP contribution in [-0.4, -0.2) is 11.6 Å². The number of ether oxygens (including phenoxy) is 2. The van der Waals surface area contributed by atoms with Crippen LogP contribution in [-0.2, 0) is 0 Å². The van der Waals surface area contributed by atoms with Crippen molar-refractivity contribution >= 4 is 11.6 Å². The Morgan fingerprint density at radius 3 is 1.61 bits per heavy atom. The van der Waals surface area contributed by atoms with E-state index in [2.05, 4.69) is 4.74 Å². The lowest BCUT2D eigenvalue weighted by atomic mass is 9.98. The van der Waals surface area contributed by atoms with Crippen LogP contribution in [0.25, 0.3) is 0 Å². The van der Waals surface area contributed by atoms with Crippen molar-refractivity contribution in [3.8, 4) is 24.0 Å². The van der Waals surface area contributed by atoms with E-state index >= 15 is 0 Å². The standard InChI is InChI=1S/C22H12N2O4/c23-13-27-19-10-8-17(9-11-19)21(25)15-4-6-16(7-5-15)22(26)18-2-1-3-20(12-18)28-14-24/h1-12H. The van der Waals surface area contributed by atoms with Crippen molar-refractivity contribution in [1.29, 1.82) is 10.5 Å². The van der Waals surface area contributed by atoms with E-state index in [1.54, 1.807) is 67.1 Å². The molecule has 28 heavy (non-hydrogen) atoms. The zero-order chi connectivity index (χ0) is 19.9.